The van der Waals surface area contributed by atoms with Gasteiger partial charge >= 0.3 is 0 Å². The van der Waals surface area contributed by atoms with Gasteiger partial charge in [0.05, 0.1) is 0 Å². The second-order valence-corrected chi connectivity index (χ2v) is 5.56. The van der Waals surface area contributed by atoms with E-state index in [1.165, 1.54) is 24.8 Å². The molecule has 2 rings (SSSR count). The molecule has 1 aromatic rings. The predicted molar refractivity (Wildman–Crippen MR) is 69.6 cm³/mol. The van der Waals surface area contributed by atoms with Crippen molar-refractivity contribution < 1.29 is 9.47 Å². The monoisotopic (exact) mass is 234 g/mol. The predicted octanol–water partition coefficient (Wildman–Crippen LogP) is 4.17. The topological polar surface area (TPSA) is 18.5 Å². The molecule has 0 fully saturated rings. The standard InChI is InChI=1S/C15H22O2/c1-4-15(2,3)9-5-6-12-7-8-13-14(10-12)17-11-16-13/h7-8,10H,4-6,9,11H2,1-3H3. The van der Waals surface area contributed by atoms with E-state index in [4.69, 9.17) is 9.47 Å². The molecule has 0 atom stereocenters. The van der Waals surface area contributed by atoms with Gasteiger partial charge < -0.3 is 9.47 Å². The summed E-state index contributed by atoms with van der Waals surface area (Å²) in [5, 5.41) is 0. The van der Waals surface area contributed by atoms with Crippen LogP contribution in [0.1, 0.15) is 45.6 Å². The summed E-state index contributed by atoms with van der Waals surface area (Å²) in [6.45, 7) is 7.31. The van der Waals surface area contributed by atoms with Crippen LogP contribution in [-0.4, -0.2) is 6.79 Å². The molecule has 0 bridgehead atoms. The highest BCUT2D eigenvalue weighted by Gasteiger charge is 2.15. The number of benzene rings is 1. The molecule has 1 aliphatic heterocycles. The molecular formula is C15H22O2. The molecule has 0 amide bonds. The Morgan fingerprint density at radius 3 is 2.71 bits per heavy atom. The normalized spacial score (nSPS) is 14.1. The molecule has 2 nitrogen and oxygen atoms in total. The van der Waals surface area contributed by atoms with Gasteiger partial charge in [-0.05, 0) is 42.4 Å². The van der Waals surface area contributed by atoms with Crippen LogP contribution < -0.4 is 9.47 Å². The SMILES string of the molecule is CCC(C)(C)CCCc1ccc2c(c1)OCO2. The number of hydrogen-bond acceptors (Lipinski definition) is 2. The molecule has 0 saturated heterocycles. The van der Waals surface area contributed by atoms with E-state index >= 15 is 0 Å². The Kier molecular flexibility index (Phi) is 3.60. The highest BCUT2D eigenvalue weighted by molar-refractivity contribution is 5.44. The number of hydrogen-bond donors (Lipinski definition) is 0. The van der Waals surface area contributed by atoms with Crippen molar-refractivity contribution in [1.29, 1.82) is 0 Å². The Morgan fingerprint density at radius 2 is 1.94 bits per heavy atom. The molecule has 1 heterocycles. The quantitative estimate of drug-likeness (QED) is 0.761. The van der Waals surface area contributed by atoms with Crippen molar-refractivity contribution in [3.05, 3.63) is 23.8 Å². The first-order chi connectivity index (χ1) is 8.11. The van der Waals surface area contributed by atoms with Gasteiger partial charge in [-0.2, -0.15) is 0 Å². The maximum Gasteiger partial charge on any atom is 0.231 e. The van der Waals surface area contributed by atoms with Crippen molar-refractivity contribution in [3.63, 3.8) is 0 Å². The van der Waals surface area contributed by atoms with Crippen LogP contribution in [0.2, 0.25) is 0 Å². The van der Waals surface area contributed by atoms with Gasteiger partial charge in [0.2, 0.25) is 6.79 Å². The first-order valence-electron chi connectivity index (χ1n) is 6.49. The van der Waals surface area contributed by atoms with Crippen molar-refractivity contribution in [2.75, 3.05) is 6.79 Å². The van der Waals surface area contributed by atoms with Gasteiger partial charge in [0.25, 0.3) is 0 Å². The zero-order valence-electron chi connectivity index (χ0n) is 11.1. The lowest BCUT2D eigenvalue weighted by Crippen LogP contribution is -2.09. The van der Waals surface area contributed by atoms with E-state index in [9.17, 15) is 0 Å². The minimum Gasteiger partial charge on any atom is -0.454 e. The van der Waals surface area contributed by atoms with E-state index in [0.717, 1.165) is 17.9 Å². The molecule has 17 heavy (non-hydrogen) atoms. The molecule has 1 aliphatic rings. The Morgan fingerprint density at radius 1 is 1.18 bits per heavy atom. The maximum absolute atomic E-state index is 5.39. The summed E-state index contributed by atoms with van der Waals surface area (Å²) in [5.74, 6) is 1.78. The van der Waals surface area contributed by atoms with Crippen LogP contribution in [0.4, 0.5) is 0 Å². The summed E-state index contributed by atoms with van der Waals surface area (Å²) >= 11 is 0. The summed E-state index contributed by atoms with van der Waals surface area (Å²) < 4.78 is 10.7. The highest BCUT2D eigenvalue weighted by Crippen LogP contribution is 2.33. The van der Waals surface area contributed by atoms with Gasteiger partial charge in [-0.15, -0.1) is 0 Å². The Hall–Kier alpha value is -1.18. The fourth-order valence-electron chi connectivity index (χ4n) is 2.04. The number of ether oxygens (including phenoxy) is 2. The lowest BCUT2D eigenvalue weighted by Gasteiger charge is -2.22. The van der Waals surface area contributed by atoms with E-state index in [2.05, 4.69) is 32.9 Å². The molecule has 0 spiro atoms. The second-order valence-electron chi connectivity index (χ2n) is 5.56. The molecular weight excluding hydrogens is 212 g/mol. The van der Waals surface area contributed by atoms with Crippen LogP contribution in [0.3, 0.4) is 0 Å². The van der Waals surface area contributed by atoms with Crippen LogP contribution in [0.15, 0.2) is 18.2 Å². The van der Waals surface area contributed by atoms with Crippen LogP contribution in [0, 0.1) is 5.41 Å². The van der Waals surface area contributed by atoms with Gasteiger partial charge in [-0.25, -0.2) is 0 Å². The minimum absolute atomic E-state index is 0.363. The molecule has 0 aromatic heterocycles. The molecule has 0 unspecified atom stereocenters. The van der Waals surface area contributed by atoms with E-state index in [1.54, 1.807) is 0 Å². The first-order valence-corrected chi connectivity index (χ1v) is 6.49. The van der Waals surface area contributed by atoms with E-state index in [1.807, 2.05) is 6.07 Å². The third-order valence-electron chi connectivity index (χ3n) is 3.71. The fraction of sp³-hybridized carbons (Fsp3) is 0.600. The highest BCUT2D eigenvalue weighted by atomic mass is 16.7. The first kappa shape index (κ1) is 12.3. The van der Waals surface area contributed by atoms with E-state index in [0.29, 0.717) is 12.2 Å². The molecule has 0 saturated carbocycles. The molecule has 94 valence electrons. The summed E-state index contributed by atoms with van der Waals surface area (Å²) in [6.07, 6.45) is 4.88. The number of rotatable bonds is 5. The van der Waals surface area contributed by atoms with E-state index < -0.39 is 0 Å². The minimum atomic E-state index is 0.363. The molecule has 2 heteroatoms. The van der Waals surface area contributed by atoms with E-state index in [-0.39, 0.29) is 0 Å². The van der Waals surface area contributed by atoms with Crippen molar-refractivity contribution in [2.24, 2.45) is 5.41 Å². The Balaban J connectivity index is 1.88. The lowest BCUT2D eigenvalue weighted by atomic mass is 9.84. The van der Waals surface area contributed by atoms with Gasteiger partial charge in [0, 0.05) is 0 Å². The Labute approximate surface area is 104 Å². The number of aryl methyl sites for hydroxylation is 1. The summed E-state index contributed by atoms with van der Waals surface area (Å²) in [4.78, 5) is 0. The molecule has 1 aromatic carbocycles. The van der Waals surface area contributed by atoms with Crippen molar-refractivity contribution in [3.8, 4) is 11.5 Å². The van der Waals surface area contributed by atoms with Gasteiger partial charge in [-0.1, -0.05) is 33.3 Å². The maximum atomic E-state index is 5.39. The summed E-state index contributed by atoms with van der Waals surface area (Å²) in [5.41, 5.74) is 1.82. The second kappa shape index (κ2) is 4.99. The van der Waals surface area contributed by atoms with Crippen LogP contribution >= 0.6 is 0 Å². The molecule has 0 radical (unpaired) electrons. The zero-order chi connectivity index (χ0) is 12.3. The van der Waals surface area contributed by atoms with Crippen molar-refractivity contribution in [2.45, 2.75) is 46.5 Å². The average molecular weight is 234 g/mol. The number of fused-ring (bicyclic) bond motifs is 1. The molecule has 0 N–H and O–H groups in total. The van der Waals surface area contributed by atoms with Gasteiger partial charge in [0.1, 0.15) is 0 Å². The Bertz CT molecular complexity index is 383. The van der Waals surface area contributed by atoms with Gasteiger partial charge in [-0.3, -0.25) is 0 Å². The third kappa shape index (κ3) is 3.15. The van der Waals surface area contributed by atoms with Crippen LogP contribution in [-0.2, 0) is 6.42 Å². The summed E-state index contributed by atoms with van der Waals surface area (Å²) in [6, 6.07) is 6.27. The summed E-state index contributed by atoms with van der Waals surface area (Å²) in [7, 11) is 0. The largest absolute Gasteiger partial charge is 0.454 e. The molecule has 0 aliphatic carbocycles. The van der Waals surface area contributed by atoms with Crippen molar-refractivity contribution in [1.82, 2.24) is 0 Å². The van der Waals surface area contributed by atoms with Crippen molar-refractivity contribution >= 4 is 0 Å². The van der Waals surface area contributed by atoms with Gasteiger partial charge in [0.15, 0.2) is 11.5 Å². The smallest absolute Gasteiger partial charge is 0.231 e. The third-order valence-corrected chi connectivity index (χ3v) is 3.71. The average Bonchev–Trinajstić information content (AvgIpc) is 2.76. The van der Waals surface area contributed by atoms with Crippen LogP contribution in [0.5, 0.6) is 11.5 Å². The zero-order valence-corrected chi connectivity index (χ0v) is 11.1. The fourth-order valence-corrected chi connectivity index (χ4v) is 2.04. The lowest BCUT2D eigenvalue weighted by molar-refractivity contribution is 0.174. The van der Waals surface area contributed by atoms with Crippen LogP contribution in [0.25, 0.3) is 0 Å².